The van der Waals surface area contributed by atoms with Gasteiger partial charge in [0.2, 0.25) is 0 Å². The second-order valence-corrected chi connectivity index (χ2v) is 5.09. The third-order valence-corrected chi connectivity index (χ3v) is 3.93. The number of rotatable bonds is 1. The molecule has 1 aromatic heterocycles. The molecule has 0 saturated heterocycles. The number of hydrogen-bond donors (Lipinski definition) is 1. The Balaban J connectivity index is 2.09. The summed E-state index contributed by atoms with van der Waals surface area (Å²) < 4.78 is 3.32. The first-order valence-electron chi connectivity index (χ1n) is 5.65. The lowest BCUT2D eigenvalue weighted by Crippen LogP contribution is -2.28. The Morgan fingerprint density at radius 3 is 3.06 bits per heavy atom. The first-order valence-corrected chi connectivity index (χ1v) is 6.44. The topological polar surface area (TPSA) is 42.7 Å². The molecule has 3 rings (SSSR count). The van der Waals surface area contributed by atoms with E-state index in [-0.39, 0.29) is 0 Å². The highest BCUT2D eigenvalue weighted by molar-refractivity contribution is 9.10. The maximum absolute atomic E-state index is 4.30. The van der Waals surface area contributed by atoms with E-state index in [1.165, 1.54) is 5.56 Å². The summed E-state index contributed by atoms with van der Waals surface area (Å²) in [5, 5.41) is 11.8. The maximum Gasteiger partial charge on any atom is 0.164 e. The molecule has 0 spiro atoms. The lowest BCUT2D eigenvalue weighted by molar-refractivity contribution is 0.508. The van der Waals surface area contributed by atoms with E-state index in [0.717, 1.165) is 41.3 Å². The fourth-order valence-corrected chi connectivity index (χ4v) is 2.34. The predicted octanol–water partition coefficient (Wildman–Crippen LogP) is 2.12. The van der Waals surface area contributed by atoms with Crippen LogP contribution in [0.3, 0.4) is 0 Å². The minimum absolute atomic E-state index is 0.808. The molecule has 0 fully saturated rings. The summed E-state index contributed by atoms with van der Waals surface area (Å²) in [6, 6.07) is 6.28. The number of nitrogens with one attached hydrogen (secondary N) is 1. The quantitative estimate of drug-likeness (QED) is 0.876. The maximum atomic E-state index is 4.30. The van der Waals surface area contributed by atoms with E-state index in [1.54, 1.807) is 0 Å². The number of aryl methyl sites for hydroxylation is 1. The van der Waals surface area contributed by atoms with Crippen LogP contribution in [0.25, 0.3) is 11.4 Å². The first-order chi connectivity index (χ1) is 8.25. The molecule has 5 heteroatoms. The number of hydrogen-bond acceptors (Lipinski definition) is 3. The molecular formula is C12H13BrN4. The Bertz CT molecular complexity index is 562. The molecule has 1 aromatic carbocycles. The highest BCUT2D eigenvalue weighted by Crippen LogP contribution is 2.24. The number of fused-ring (bicyclic) bond motifs is 1. The Kier molecular flexibility index (Phi) is 2.72. The standard InChI is InChI=1S/C12H13BrN4/c1-8-6-9(2-3-10(8)13)12-16-15-11-7-14-4-5-17(11)12/h2-3,6,14H,4-5,7H2,1H3. The van der Waals surface area contributed by atoms with E-state index < -0.39 is 0 Å². The van der Waals surface area contributed by atoms with Crippen LogP contribution in [0.5, 0.6) is 0 Å². The van der Waals surface area contributed by atoms with Gasteiger partial charge in [0.15, 0.2) is 5.82 Å². The van der Waals surface area contributed by atoms with Gasteiger partial charge in [0.25, 0.3) is 0 Å². The summed E-state index contributed by atoms with van der Waals surface area (Å²) in [7, 11) is 0. The molecular weight excluding hydrogens is 280 g/mol. The van der Waals surface area contributed by atoms with Crippen LogP contribution in [0.1, 0.15) is 11.4 Å². The molecule has 4 nitrogen and oxygen atoms in total. The minimum Gasteiger partial charge on any atom is -0.309 e. The monoisotopic (exact) mass is 292 g/mol. The Morgan fingerprint density at radius 2 is 2.24 bits per heavy atom. The van der Waals surface area contributed by atoms with E-state index in [1.807, 2.05) is 0 Å². The van der Waals surface area contributed by atoms with E-state index in [2.05, 4.69) is 61.1 Å². The van der Waals surface area contributed by atoms with Crippen LogP contribution in [0.15, 0.2) is 22.7 Å². The van der Waals surface area contributed by atoms with E-state index in [0.29, 0.717) is 0 Å². The van der Waals surface area contributed by atoms with Gasteiger partial charge in [0.05, 0.1) is 6.54 Å². The fraction of sp³-hybridized carbons (Fsp3) is 0.333. The van der Waals surface area contributed by atoms with Crippen molar-refractivity contribution in [1.82, 2.24) is 20.1 Å². The third-order valence-electron chi connectivity index (χ3n) is 3.04. The van der Waals surface area contributed by atoms with Gasteiger partial charge >= 0.3 is 0 Å². The highest BCUT2D eigenvalue weighted by Gasteiger charge is 2.16. The van der Waals surface area contributed by atoms with Gasteiger partial charge in [-0.15, -0.1) is 10.2 Å². The molecule has 0 amide bonds. The zero-order chi connectivity index (χ0) is 11.8. The van der Waals surface area contributed by atoms with Crippen LogP contribution in [0.2, 0.25) is 0 Å². The Morgan fingerprint density at radius 1 is 1.35 bits per heavy atom. The van der Waals surface area contributed by atoms with Crippen molar-refractivity contribution in [3.8, 4) is 11.4 Å². The molecule has 0 saturated carbocycles. The molecule has 0 radical (unpaired) electrons. The zero-order valence-corrected chi connectivity index (χ0v) is 11.2. The summed E-state index contributed by atoms with van der Waals surface area (Å²) in [4.78, 5) is 0. The van der Waals surface area contributed by atoms with Gasteiger partial charge in [-0.05, 0) is 24.6 Å². The van der Waals surface area contributed by atoms with Gasteiger partial charge in [0, 0.05) is 23.1 Å². The van der Waals surface area contributed by atoms with Crippen molar-refractivity contribution in [3.05, 3.63) is 34.1 Å². The molecule has 0 aliphatic carbocycles. The number of nitrogens with zero attached hydrogens (tertiary/aromatic N) is 3. The average molecular weight is 293 g/mol. The summed E-state index contributed by atoms with van der Waals surface area (Å²) >= 11 is 3.51. The van der Waals surface area contributed by atoms with Crippen LogP contribution < -0.4 is 5.32 Å². The van der Waals surface area contributed by atoms with Crippen LogP contribution in [-0.4, -0.2) is 21.3 Å². The van der Waals surface area contributed by atoms with Crippen molar-refractivity contribution < 1.29 is 0 Å². The molecule has 2 aromatic rings. The SMILES string of the molecule is Cc1cc(-c2nnc3n2CCNC3)ccc1Br. The smallest absolute Gasteiger partial charge is 0.164 e. The van der Waals surface area contributed by atoms with Crippen molar-refractivity contribution in [2.75, 3.05) is 6.54 Å². The minimum atomic E-state index is 0.808. The number of aromatic nitrogens is 3. The van der Waals surface area contributed by atoms with Crippen molar-refractivity contribution in [1.29, 1.82) is 0 Å². The highest BCUT2D eigenvalue weighted by atomic mass is 79.9. The largest absolute Gasteiger partial charge is 0.309 e. The van der Waals surface area contributed by atoms with Crippen LogP contribution in [0.4, 0.5) is 0 Å². The molecule has 0 atom stereocenters. The molecule has 88 valence electrons. The van der Waals surface area contributed by atoms with Crippen molar-refractivity contribution in [2.24, 2.45) is 0 Å². The third kappa shape index (κ3) is 1.89. The van der Waals surface area contributed by atoms with Gasteiger partial charge in [-0.1, -0.05) is 22.0 Å². The Labute approximate surface area is 108 Å². The summed E-state index contributed by atoms with van der Waals surface area (Å²) in [5.41, 5.74) is 2.35. The Hall–Kier alpha value is -1.20. The molecule has 17 heavy (non-hydrogen) atoms. The van der Waals surface area contributed by atoms with Crippen molar-refractivity contribution in [2.45, 2.75) is 20.0 Å². The summed E-state index contributed by atoms with van der Waals surface area (Å²) in [6.45, 7) is 4.81. The lowest BCUT2D eigenvalue weighted by Gasteiger charge is -2.16. The normalized spacial score (nSPS) is 14.7. The summed E-state index contributed by atoms with van der Waals surface area (Å²) in [5.74, 6) is 1.99. The van der Waals surface area contributed by atoms with Crippen molar-refractivity contribution in [3.63, 3.8) is 0 Å². The van der Waals surface area contributed by atoms with Gasteiger partial charge < -0.3 is 9.88 Å². The van der Waals surface area contributed by atoms with Gasteiger partial charge in [-0.25, -0.2) is 0 Å². The molecule has 0 bridgehead atoms. The van der Waals surface area contributed by atoms with Crippen LogP contribution in [0, 0.1) is 6.92 Å². The van der Waals surface area contributed by atoms with Crippen molar-refractivity contribution >= 4 is 15.9 Å². The molecule has 2 heterocycles. The summed E-state index contributed by atoms with van der Waals surface area (Å²) in [6.07, 6.45) is 0. The second kappa shape index (κ2) is 4.23. The van der Waals surface area contributed by atoms with Crippen LogP contribution >= 0.6 is 15.9 Å². The van der Waals surface area contributed by atoms with Gasteiger partial charge in [0.1, 0.15) is 5.82 Å². The zero-order valence-electron chi connectivity index (χ0n) is 9.57. The number of benzene rings is 1. The van der Waals surface area contributed by atoms with Gasteiger partial charge in [-0.3, -0.25) is 0 Å². The average Bonchev–Trinajstić information content (AvgIpc) is 2.76. The fourth-order valence-electron chi connectivity index (χ4n) is 2.09. The lowest BCUT2D eigenvalue weighted by atomic mass is 10.1. The predicted molar refractivity (Wildman–Crippen MR) is 69.6 cm³/mol. The molecule has 0 unspecified atom stereocenters. The van der Waals surface area contributed by atoms with E-state index >= 15 is 0 Å². The number of halogens is 1. The molecule has 1 N–H and O–H groups in total. The van der Waals surface area contributed by atoms with Gasteiger partial charge in [-0.2, -0.15) is 0 Å². The van der Waals surface area contributed by atoms with E-state index in [4.69, 9.17) is 0 Å². The second-order valence-electron chi connectivity index (χ2n) is 4.23. The van der Waals surface area contributed by atoms with Crippen LogP contribution in [-0.2, 0) is 13.1 Å². The van der Waals surface area contributed by atoms with E-state index in [9.17, 15) is 0 Å². The first kappa shape index (κ1) is 10.9. The molecule has 1 aliphatic rings. The molecule has 1 aliphatic heterocycles.